The predicted octanol–water partition coefficient (Wildman–Crippen LogP) is 3.90. The molecular weight excluding hydrogens is 364 g/mol. The highest BCUT2D eigenvalue weighted by Crippen LogP contribution is 2.14. The highest BCUT2D eigenvalue weighted by Gasteiger charge is 2.11. The fraction of sp³-hybridized carbons (Fsp3) is 0.250. The van der Waals surface area contributed by atoms with Gasteiger partial charge in [-0.15, -0.1) is 11.3 Å². The quantitative estimate of drug-likeness (QED) is 0.596. The van der Waals surface area contributed by atoms with E-state index in [2.05, 4.69) is 10.3 Å². The zero-order valence-electron chi connectivity index (χ0n) is 14.9. The van der Waals surface area contributed by atoms with Crippen LogP contribution < -0.4 is 5.32 Å². The number of thiazole rings is 1. The molecule has 0 bridgehead atoms. The second-order valence-corrected chi connectivity index (χ2v) is 7.01. The van der Waals surface area contributed by atoms with Gasteiger partial charge < -0.3 is 14.5 Å². The van der Waals surface area contributed by atoms with E-state index in [4.69, 9.17) is 9.15 Å². The van der Waals surface area contributed by atoms with Crippen molar-refractivity contribution in [2.75, 3.05) is 5.32 Å². The SMILES string of the molecule is Cc1ccc(NC(=O)Cc2nc(COC(=O)CCc3ccco3)cs2)cc1. The summed E-state index contributed by atoms with van der Waals surface area (Å²) in [5, 5.41) is 5.32. The van der Waals surface area contributed by atoms with E-state index in [0.29, 0.717) is 17.1 Å². The van der Waals surface area contributed by atoms with E-state index in [0.717, 1.165) is 17.0 Å². The van der Waals surface area contributed by atoms with Crippen LogP contribution in [-0.4, -0.2) is 16.9 Å². The molecule has 0 radical (unpaired) electrons. The average Bonchev–Trinajstić information content (AvgIpc) is 3.32. The molecule has 6 nitrogen and oxygen atoms in total. The molecule has 3 rings (SSSR count). The standard InChI is InChI=1S/C20H20N2O4S/c1-14-4-6-15(7-5-14)21-18(23)11-19-22-16(13-27-19)12-26-20(24)9-8-17-3-2-10-25-17/h2-7,10,13H,8-9,11-12H2,1H3,(H,21,23). The van der Waals surface area contributed by atoms with Crippen molar-refractivity contribution >= 4 is 28.9 Å². The molecule has 0 saturated carbocycles. The second-order valence-electron chi connectivity index (χ2n) is 6.06. The molecule has 2 aromatic heterocycles. The Kier molecular flexibility index (Phi) is 6.38. The fourth-order valence-electron chi connectivity index (χ4n) is 2.38. The summed E-state index contributed by atoms with van der Waals surface area (Å²) in [4.78, 5) is 28.2. The number of nitrogens with zero attached hydrogens (tertiary/aromatic N) is 1. The van der Waals surface area contributed by atoms with Gasteiger partial charge in [-0.1, -0.05) is 17.7 Å². The van der Waals surface area contributed by atoms with Crippen LogP contribution >= 0.6 is 11.3 Å². The summed E-state index contributed by atoms with van der Waals surface area (Å²) in [6.45, 7) is 2.10. The lowest BCUT2D eigenvalue weighted by molar-refractivity contribution is -0.145. The Morgan fingerprint density at radius 2 is 2.04 bits per heavy atom. The molecule has 0 unspecified atom stereocenters. The maximum absolute atomic E-state index is 12.1. The van der Waals surface area contributed by atoms with Crippen LogP contribution in [0.5, 0.6) is 0 Å². The third kappa shape index (κ3) is 6.07. The number of carbonyl (C=O) groups is 2. The second kappa shape index (κ2) is 9.14. The number of esters is 1. The van der Waals surface area contributed by atoms with Gasteiger partial charge in [-0.05, 0) is 31.2 Å². The van der Waals surface area contributed by atoms with Crippen molar-refractivity contribution in [2.24, 2.45) is 0 Å². The number of ether oxygens (including phenoxy) is 1. The molecule has 1 aromatic carbocycles. The fourth-order valence-corrected chi connectivity index (χ4v) is 3.16. The Morgan fingerprint density at radius 1 is 1.22 bits per heavy atom. The number of benzene rings is 1. The third-order valence-corrected chi connectivity index (χ3v) is 4.68. The van der Waals surface area contributed by atoms with Gasteiger partial charge in [0.15, 0.2) is 0 Å². The first-order chi connectivity index (χ1) is 13.1. The number of aromatic nitrogens is 1. The van der Waals surface area contributed by atoms with Crippen LogP contribution in [-0.2, 0) is 33.8 Å². The van der Waals surface area contributed by atoms with Crippen molar-refractivity contribution in [3.63, 3.8) is 0 Å². The average molecular weight is 384 g/mol. The predicted molar refractivity (Wildman–Crippen MR) is 102 cm³/mol. The number of nitrogens with one attached hydrogen (secondary N) is 1. The minimum atomic E-state index is -0.307. The van der Waals surface area contributed by atoms with Crippen LogP contribution in [0.1, 0.15) is 28.4 Å². The molecule has 140 valence electrons. The van der Waals surface area contributed by atoms with Crippen molar-refractivity contribution in [2.45, 2.75) is 32.8 Å². The molecule has 0 saturated heterocycles. The van der Waals surface area contributed by atoms with Crippen molar-refractivity contribution in [3.05, 3.63) is 70.1 Å². The number of hydrogen-bond donors (Lipinski definition) is 1. The molecule has 0 aliphatic rings. The van der Waals surface area contributed by atoms with Crippen molar-refractivity contribution in [1.82, 2.24) is 4.98 Å². The van der Waals surface area contributed by atoms with Gasteiger partial charge in [0.2, 0.25) is 5.91 Å². The summed E-state index contributed by atoms with van der Waals surface area (Å²) in [6.07, 6.45) is 2.52. The number of anilines is 1. The molecule has 0 fully saturated rings. The molecule has 0 spiro atoms. The summed E-state index contributed by atoms with van der Waals surface area (Å²) < 4.78 is 10.4. The summed E-state index contributed by atoms with van der Waals surface area (Å²) in [5.41, 5.74) is 2.54. The van der Waals surface area contributed by atoms with Crippen LogP contribution in [0, 0.1) is 6.92 Å². The molecular formula is C20H20N2O4S. The van der Waals surface area contributed by atoms with E-state index in [-0.39, 0.29) is 31.3 Å². The smallest absolute Gasteiger partial charge is 0.306 e. The van der Waals surface area contributed by atoms with Crippen LogP contribution in [0.2, 0.25) is 0 Å². The molecule has 0 aliphatic carbocycles. The molecule has 1 amide bonds. The topological polar surface area (TPSA) is 81.4 Å². The maximum atomic E-state index is 12.1. The van der Waals surface area contributed by atoms with E-state index in [1.807, 2.05) is 37.3 Å². The third-order valence-electron chi connectivity index (χ3n) is 3.78. The number of carbonyl (C=O) groups excluding carboxylic acids is 2. The van der Waals surface area contributed by atoms with Gasteiger partial charge in [-0.3, -0.25) is 9.59 Å². The summed E-state index contributed by atoms with van der Waals surface area (Å²) in [5.74, 6) is 0.316. The number of furan rings is 1. The molecule has 27 heavy (non-hydrogen) atoms. The first-order valence-corrected chi connectivity index (χ1v) is 9.44. The van der Waals surface area contributed by atoms with E-state index in [1.54, 1.807) is 17.7 Å². The van der Waals surface area contributed by atoms with E-state index in [9.17, 15) is 9.59 Å². The Bertz CT molecular complexity index is 885. The summed E-state index contributed by atoms with van der Waals surface area (Å²) in [6, 6.07) is 11.2. The molecule has 0 aliphatic heterocycles. The monoisotopic (exact) mass is 384 g/mol. The number of hydrogen-bond acceptors (Lipinski definition) is 6. The van der Waals surface area contributed by atoms with Crippen molar-refractivity contribution in [3.8, 4) is 0 Å². The molecule has 2 heterocycles. The number of aryl methyl sites for hydroxylation is 2. The minimum absolute atomic E-state index is 0.104. The normalized spacial score (nSPS) is 10.6. The highest BCUT2D eigenvalue weighted by molar-refractivity contribution is 7.09. The van der Waals surface area contributed by atoms with E-state index < -0.39 is 0 Å². The van der Waals surface area contributed by atoms with Crippen LogP contribution in [0.4, 0.5) is 5.69 Å². The van der Waals surface area contributed by atoms with Gasteiger partial charge in [0.05, 0.1) is 24.8 Å². The van der Waals surface area contributed by atoms with E-state index in [1.165, 1.54) is 11.3 Å². The highest BCUT2D eigenvalue weighted by atomic mass is 32.1. The Morgan fingerprint density at radius 3 is 2.78 bits per heavy atom. The molecule has 1 N–H and O–H groups in total. The lowest BCUT2D eigenvalue weighted by Gasteiger charge is -2.04. The molecule has 7 heteroatoms. The van der Waals surface area contributed by atoms with Crippen LogP contribution in [0.25, 0.3) is 0 Å². The van der Waals surface area contributed by atoms with Crippen LogP contribution in [0.3, 0.4) is 0 Å². The minimum Gasteiger partial charge on any atom is -0.469 e. The maximum Gasteiger partial charge on any atom is 0.306 e. The van der Waals surface area contributed by atoms with Gasteiger partial charge in [-0.25, -0.2) is 4.98 Å². The first kappa shape index (κ1) is 18.8. The van der Waals surface area contributed by atoms with Gasteiger partial charge in [0, 0.05) is 17.5 Å². The van der Waals surface area contributed by atoms with Gasteiger partial charge >= 0.3 is 5.97 Å². The zero-order chi connectivity index (χ0) is 19.1. The van der Waals surface area contributed by atoms with Crippen LogP contribution in [0.15, 0.2) is 52.5 Å². The number of amides is 1. The summed E-state index contributed by atoms with van der Waals surface area (Å²) in [7, 11) is 0. The van der Waals surface area contributed by atoms with Crippen molar-refractivity contribution < 1.29 is 18.7 Å². The Hall–Kier alpha value is -2.93. The summed E-state index contributed by atoms with van der Waals surface area (Å²) >= 11 is 1.38. The van der Waals surface area contributed by atoms with Crippen molar-refractivity contribution in [1.29, 1.82) is 0 Å². The molecule has 0 atom stereocenters. The molecule has 3 aromatic rings. The van der Waals surface area contributed by atoms with Gasteiger partial charge in [0.1, 0.15) is 17.4 Å². The van der Waals surface area contributed by atoms with E-state index >= 15 is 0 Å². The Balaban J connectivity index is 1.41. The number of rotatable bonds is 8. The first-order valence-electron chi connectivity index (χ1n) is 8.56. The lowest BCUT2D eigenvalue weighted by Crippen LogP contribution is -2.14. The van der Waals surface area contributed by atoms with Gasteiger partial charge in [0.25, 0.3) is 0 Å². The Labute approximate surface area is 161 Å². The van der Waals surface area contributed by atoms with Gasteiger partial charge in [-0.2, -0.15) is 0 Å². The zero-order valence-corrected chi connectivity index (χ0v) is 15.8. The largest absolute Gasteiger partial charge is 0.469 e. The lowest BCUT2D eigenvalue weighted by atomic mass is 10.2.